The van der Waals surface area contributed by atoms with Crippen LogP contribution in [0.3, 0.4) is 0 Å². The van der Waals surface area contributed by atoms with Crippen LogP contribution in [-0.4, -0.2) is 5.11 Å². The molecule has 0 radical (unpaired) electrons. The molecule has 0 amide bonds. The molecule has 9 rings (SSSR count). The molecule has 224 valence electrons. The Morgan fingerprint density at radius 2 is 0.787 bits per heavy atom. The Kier molecular flexibility index (Phi) is 6.17. The number of hydrogen-bond acceptors (Lipinski definition) is 3. The highest BCUT2D eigenvalue weighted by Crippen LogP contribution is 2.63. The summed E-state index contributed by atoms with van der Waals surface area (Å²) in [6, 6.07) is 63.4. The van der Waals surface area contributed by atoms with Crippen molar-refractivity contribution in [3.63, 3.8) is 0 Å². The quantitative estimate of drug-likeness (QED) is 0.210. The van der Waals surface area contributed by atoms with Gasteiger partial charge in [-0.3, -0.25) is 0 Å². The minimum absolute atomic E-state index is 0.681. The Balaban J connectivity index is 1.38. The molecule has 0 bridgehead atoms. The van der Waals surface area contributed by atoms with Crippen molar-refractivity contribution >= 4 is 28.4 Å². The van der Waals surface area contributed by atoms with Gasteiger partial charge >= 0.3 is 0 Å². The highest BCUT2D eigenvalue weighted by Gasteiger charge is 2.56. The molecule has 0 atom stereocenters. The first-order chi connectivity index (χ1) is 23.2. The minimum atomic E-state index is -1.43. The molecule has 0 fully saturated rings. The van der Waals surface area contributed by atoms with E-state index in [9.17, 15) is 5.11 Å². The molecule has 3 nitrogen and oxygen atoms in total. The van der Waals surface area contributed by atoms with Gasteiger partial charge in [-0.1, -0.05) is 140 Å². The van der Waals surface area contributed by atoms with Crippen molar-refractivity contribution in [2.75, 3.05) is 10.2 Å². The van der Waals surface area contributed by atoms with E-state index in [1.807, 2.05) is 42.5 Å². The third-order valence-corrected chi connectivity index (χ3v) is 9.92. The van der Waals surface area contributed by atoms with Crippen molar-refractivity contribution in [3.05, 3.63) is 221 Å². The van der Waals surface area contributed by atoms with Gasteiger partial charge in [0.2, 0.25) is 0 Å². The zero-order chi connectivity index (χ0) is 31.4. The van der Waals surface area contributed by atoms with Crippen molar-refractivity contribution in [1.29, 1.82) is 0 Å². The van der Waals surface area contributed by atoms with E-state index in [-0.39, 0.29) is 0 Å². The van der Waals surface area contributed by atoms with E-state index >= 15 is 0 Å². The monoisotopic (exact) mass is 604 g/mol. The second kappa shape index (κ2) is 10.6. The summed E-state index contributed by atoms with van der Waals surface area (Å²) in [4.78, 5) is 2.38. The number of hydrogen-bond donors (Lipinski definition) is 2. The normalized spacial score (nSPS) is 14.8. The van der Waals surface area contributed by atoms with Gasteiger partial charge in [0.25, 0.3) is 0 Å². The van der Waals surface area contributed by atoms with Gasteiger partial charge in [0, 0.05) is 22.6 Å². The van der Waals surface area contributed by atoms with E-state index < -0.39 is 11.0 Å². The number of benzene rings is 7. The molecular formula is C44H32N2O. The third-order valence-electron chi connectivity index (χ3n) is 9.92. The molecule has 0 aromatic heterocycles. The highest BCUT2D eigenvalue weighted by atomic mass is 16.3. The second-order valence-electron chi connectivity index (χ2n) is 12.3. The Hall–Kier alpha value is -5.90. The van der Waals surface area contributed by atoms with Crippen LogP contribution in [-0.2, 0) is 11.0 Å². The predicted octanol–water partition coefficient (Wildman–Crippen LogP) is 10.2. The molecule has 47 heavy (non-hydrogen) atoms. The Bertz CT molecular complexity index is 2160. The fourth-order valence-corrected chi connectivity index (χ4v) is 8.10. The molecule has 2 N–H and O–H groups in total. The maximum atomic E-state index is 13.5. The molecule has 0 saturated carbocycles. The van der Waals surface area contributed by atoms with Crippen molar-refractivity contribution < 1.29 is 5.11 Å². The van der Waals surface area contributed by atoms with Crippen LogP contribution in [0.2, 0.25) is 0 Å². The van der Waals surface area contributed by atoms with E-state index in [1.54, 1.807) is 0 Å². The Morgan fingerprint density at radius 3 is 1.34 bits per heavy atom. The molecule has 7 aromatic rings. The number of nitrogens with zero attached hydrogens (tertiary/aromatic N) is 1. The van der Waals surface area contributed by atoms with E-state index in [4.69, 9.17) is 0 Å². The summed E-state index contributed by atoms with van der Waals surface area (Å²) in [7, 11) is 0. The van der Waals surface area contributed by atoms with Gasteiger partial charge in [0.15, 0.2) is 0 Å². The standard InChI is InChI=1S/C44H32N2O/c47-44(37-25-11-14-28-40(37)45-31-17-3-1-4-18-31)35-23-9-7-21-33(35)43(34-22-8-10-24-36(34)44)38-26-12-15-29-41(38)46(32-19-5-2-6-20-32)42-30-16-13-27-39(42)43/h1-30,45,47H. The average Bonchev–Trinajstić information content (AvgIpc) is 3.14. The van der Waals surface area contributed by atoms with Crippen LogP contribution in [0.15, 0.2) is 182 Å². The fourth-order valence-electron chi connectivity index (χ4n) is 8.10. The van der Waals surface area contributed by atoms with Crippen LogP contribution in [0, 0.1) is 0 Å². The van der Waals surface area contributed by atoms with Gasteiger partial charge < -0.3 is 15.3 Å². The number of anilines is 5. The maximum absolute atomic E-state index is 13.5. The van der Waals surface area contributed by atoms with Gasteiger partial charge in [-0.2, -0.15) is 0 Å². The maximum Gasteiger partial charge on any atom is 0.143 e. The molecule has 1 spiro atoms. The van der Waals surface area contributed by atoms with Gasteiger partial charge in [0.1, 0.15) is 5.60 Å². The molecule has 7 aromatic carbocycles. The summed E-state index contributed by atoms with van der Waals surface area (Å²) in [6.45, 7) is 0. The van der Waals surface area contributed by atoms with Crippen molar-refractivity contribution in [1.82, 2.24) is 0 Å². The summed E-state index contributed by atoms with van der Waals surface area (Å²) in [5.41, 5.74) is 10.1. The average molecular weight is 605 g/mol. The fraction of sp³-hybridized carbons (Fsp3) is 0.0455. The molecular weight excluding hydrogens is 572 g/mol. The van der Waals surface area contributed by atoms with Crippen LogP contribution in [0.5, 0.6) is 0 Å². The van der Waals surface area contributed by atoms with E-state index in [0.717, 1.165) is 56.3 Å². The first kappa shape index (κ1) is 27.4. The minimum Gasteiger partial charge on any atom is -0.376 e. The molecule has 3 heteroatoms. The van der Waals surface area contributed by atoms with E-state index in [2.05, 4.69) is 150 Å². The predicted molar refractivity (Wildman–Crippen MR) is 191 cm³/mol. The second-order valence-corrected chi connectivity index (χ2v) is 12.3. The zero-order valence-corrected chi connectivity index (χ0v) is 25.7. The Morgan fingerprint density at radius 1 is 0.383 bits per heavy atom. The lowest BCUT2D eigenvalue weighted by atomic mass is 9.54. The summed E-state index contributed by atoms with van der Waals surface area (Å²) in [5.74, 6) is 0. The largest absolute Gasteiger partial charge is 0.376 e. The number of fused-ring (bicyclic) bond motifs is 8. The number of nitrogens with one attached hydrogen (secondary N) is 1. The number of rotatable bonds is 4. The SMILES string of the molecule is OC1(c2ccccc2Nc2ccccc2)c2ccccc2C2(c3ccccc3N(c3ccccc3)c3ccccc32)c2ccccc21. The summed E-state index contributed by atoms with van der Waals surface area (Å²) in [5, 5.41) is 17.1. The van der Waals surface area contributed by atoms with Crippen molar-refractivity contribution in [2.24, 2.45) is 0 Å². The first-order valence-corrected chi connectivity index (χ1v) is 16.1. The van der Waals surface area contributed by atoms with Gasteiger partial charge in [-0.15, -0.1) is 0 Å². The van der Waals surface area contributed by atoms with E-state index in [1.165, 1.54) is 11.1 Å². The van der Waals surface area contributed by atoms with E-state index in [0.29, 0.717) is 0 Å². The number of para-hydroxylation sites is 5. The third kappa shape index (κ3) is 3.84. The topological polar surface area (TPSA) is 35.5 Å². The molecule has 0 unspecified atom stereocenters. The highest BCUT2D eigenvalue weighted by molar-refractivity contribution is 5.91. The first-order valence-electron chi connectivity index (χ1n) is 16.1. The zero-order valence-electron chi connectivity index (χ0n) is 25.7. The summed E-state index contributed by atoms with van der Waals surface area (Å²) in [6.07, 6.45) is 0. The lowest BCUT2D eigenvalue weighted by molar-refractivity contribution is 0.119. The summed E-state index contributed by atoms with van der Waals surface area (Å²) >= 11 is 0. The lowest BCUT2D eigenvalue weighted by Crippen LogP contribution is -2.47. The molecule has 1 aliphatic heterocycles. The lowest BCUT2D eigenvalue weighted by Gasteiger charge is -2.52. The molecule has 0 saturated heterocycles. The van der Waals surface area contributed by atoms with Crippen LogP contribution >= 0.6 is 0 Å². The van der Waals surface area contributed by atoms with Crippen molar-refractivity contribution in [3.8, 4) is 0 Å². The van der Waals surface area contributed by atoms with Crippen LogP contribution in [0.4, 0.5) is 28.4 Å². The summed E-state index contributed by atoms with van der Waals surface area (Å²) < 4.78 is 0. The van der Waals surface area contributed by atoms with Crippen LogP contribution < -0.4 is 10.2 Å². The van der Waals surface area contributed by atoms with Crippen LogP contribution in [0.25, 0.3) is 0 Å². The van der Waals surface area contributed by atoms with Gasteiger partial charge in [-0.05, 0) is 75.8 Å². The Labute approximate surface area is 275 Å². The molecule has 1 heterocycles. The molecule has 1 aliphatic carbocycles. The van der Waals surface area contributed by atoms with Crippen molar-refractivity contribution in [2.45, 2.75) is 11.0 Å². The van der Waals surface area contributed by atoms with Gasteiger partial charge in [0.05, 0.1) is 16.8 Å². The smallest absolute Gasteiger partial charge is 0.143 e. The van der Waals surface area contributed by atoms with Gasteiger partial charge in [-0.25, -0.2) is 0 Å². The van der Waals surface area contributed by atoms with Crippen LogP contribution in [0.1, 0.15) is 38.9 Å². The number of aliphatic hydroxyl groups is 1. The molecule has 2 aliphatic rings.